The van der Waals surface area contributed by atoms with Crippen molar-refractivity contribution in [2.24, 2.45) is 5.73 Å². The fraction of sp³-hybridized carbons (Fsp3) is 0.308. The van der Waals surface area contributed by atoms with Gasteiger partial charge in [-0.1, -0.05) is 6.07 Å². The van der Waals surface area contributed by atoms with Gasteiger partial charge >= 0.3 is 0 Å². The molecule has 0 saturated heterocycles. The smallest absolute Gasteiger partial charge is 0.180 e. The monoisotopic (exact) mass is 305 g/mol. The third-order valence-electron chi connectivity index (χ3n) is 2.87. The third-order valence-corrected chi connectivity index (χ3v) is 4.57. The maximum Gasteiger partial charge on any atom is 0.180 e. The lowest BCUT2D eigenvalue weighted by atomic mass is 10.2. The molecular formula is C13H15N5O2S. The van der Waals surface area contributed by atoms with Gasteiger partial charge < -0.3 is 5.73 Å². The predicted molar refractivity (Wildman–Crippen MR) is 75.8 cm³/mol. The topological polar surface area (TPSA) is 115 Å². The first kappa shape index (κ1) is 15.2. The number of aryl methyl sites for hydroxylation is 1. The maximum absolute atomic E-state index is 12.2. The van der Waals surface area contributed by atoms with Crippen LogP contribution in [0.1, 0.15) is 24.4 Å². The highest BCUT2D eigenvalue weighted by atomic mass is 32.2. The van der Waals surface area contributed by atoms with E-state index in [4.69, 9.17) is 11.0 Å². The van der Waals surface area contributed by atoms with E-state index < -0.39 is 9.84 Å². The molecule has 1 heterocycles. The average molecular weight is 305 g/mol. The molecule has 7 nitrogen and oxygen atoms in total. The summed E-state index contributed by atoms with van der Waals surface area (Å²) in [6.45, 7) is 1.93. The van der Waals surface area contributed by atoms with Crippen LogP contribution < -0.4 is 5.73 Å². The first-order chi connectivity index (χ1) is 9.92. The van der Waals surface area contributed by atoms with Crippen molar-refractivity contribution in [1.29, 1.82) is 5.26 Å². The molecular weight excluding hydrogens is 290 g/mol. The number of hydrogen-bond donors (Lipinski definition) is 1. The zero-order valence-electron chi connectivity index (χ0n) is 11.5. The molecule has 0 radical (unpaired) electrons. The number of hydrogen-bond acceptors (Lipinski definition) is 6. The van der Waals surface area contributed by atoms with Crippen molar-refractivity contribution in [2.75, 3.05) is 5.75 Å². The van der Waals surface area contributed by atoms with E-state index >= 15 is 0 Å². The number of aromatic nitrogens is 3. The predicted octanol–water partition coefficient (Wildman–Crippen LogP) is 0.643. The van der Waals surface area contributed by atoms with Crippen molar-refractivity contribution in [3.05, 3.63) is 42.0 Å². The Hall–Kier alpha value is -2.24. The first-order valence-electron chi connectivity index (χ1n) is 6.30. The highest BCUT2D eigenvalue weighted by Crippen LogP contribution is 2.13. The molecule has 1 aromatic carbocycles. The number of nitriles is 1. The Morgan fingerprint density at radius 3 is 2.86 bits per heavy atom. The summed E-state index contributed by atoms with van der Waals surface area (Å²) in [5.41, 5.74) is 5.96. The summed E-state index contributed by atoms with van der Waals surface area (Å²) in [4.78, 5) is 4.14. The van der Waals surface area contributed by atoms with Gasteiger partial charge in [0.1, 0.15) is 6.33 Å². The van der Waals surface area contributed by atoms with Gasteiger partial charge in [0.15, 0.2) is 15.7 Å². The van der Waals surface area contributed by atoms with Crippen LogP contribution in [-0.4, -0.2) is 28.9 Å². The number of sulfone groups is 1. The van der Waals surface area contributed by atoms with Gasteiger partial charge in [-0.05, 0) is 25.1 Å². The van der Waals surface area contributed by atoms with E-state index in [1.807, 2.05) is 6.07 Å². The number of benzene rings is 1. The summed E-state index contributed by atoms with van der Waals surface area (Å²) in [7, 11) is -3.47. The van der Waals surface area contributed by atoms with Crippen molar-refractivity contribution >= 4 is 9.84 Å². The SMILES string of the molecule is CC(N)c1ncn(CCS(=O)(=O)c2cccc(C#N)c2)n1. The quantitative estimate of drug-likeness (QED) is 0.867. The lowest BCUT2D eigenvalue weighted by Gasteiger charge is -2.05. The molecule has 0 fully saturated rings. The lowest BCUT2D eigenvalue weighted by Crippen LogP contribution is -2.14. The molecule has 0 spiro atoms. The molecule has 110 valence electrons. The van der Waals surface area contributed by atoms with Crippen molar-refractivity contribution in [3.8, 4) is 6.07 Å². The van der Waals surface area contributed by atoms with E-state index in [1.54, 1.807) is 19.1 Å². The second kappa shape index (κ2) is 6.03. The molecule has 21 heavy (non-hydrogen) atoms. The lowest BCUT2D eigenvalue weighted by molar-refractivity contribution is 0.577. The summed E-state index contributed by atoms with van der Waals surface area (Å²) >= 11 is 0. The van der Waals surface area contributed by atoms with Gasteiger partial charge in [0.25, 0.3) is 0 Å². The van der Waals surface area contributed by atoms with Crippen LogP contribution in [0.5, 0.6) is 0 Å². The van der Waals surface area contributed by atoms with Crippen LogP contribution in [0, 0.1) is 11.3 Å². The van der Waals surface area contributed by atoms with Gasteiger partial charge in [-0.15, -0.1) is 0 Å². The largest absolute Gasteiger partial charge is 0.321 e. The molecule has 8 heteroatoms. The molecule has 0 aliphatic rings. The Morgan fingerprint density at radius 1 is 1.48 bits per heavy atom. The normalized spacial score (nSPS) is 12.8. The number of nitrogens with two attached hydrogens (primary N) is 1. The van der Waals surface area contributed by atoms with E-state index in [1.165, 1.54) is 23.1 Å². The molecule has 1 aromatic heterocycles. The molecule has 0 aliphatic heterocycles. The zero-order valence-corrected chi connectivity index (χ0v) is 12.3. The second-order valence-corrected chi connectivity index (χ2v) is 6.72. The van der Waals surface area contributed by atoms with Crippen LogP contribution in [0.3, 0.4) is 0 Å². The fourth-order valence-corrected chi connectivity index (χ4v) is 2.97. The van der Waals surface area contributed by atoms with E-state index in [9.17, 15) is 8.42 Å². The zero-order chi connectivity index (χ0) is 15.5. The van der Waals surface area contributed by atoms with E-state index in [2.05, 4.69) is 10.1 Å². The van der Waals surface area contributed by atoms with Crippen LogP contribution in [0.4, 0.5) is 0 Å². The summed E-state index contributed by atoms with van der Waals surface area (Å²) in [5, 5.41) is 12.9. The Labute approximate surface area is 122 Å². The van der Waals surface area contributed by atoms with Crippen LogP contribution in [-0.2, 0) is 16.4 Å². The van der Waals surface area contributed by atoms with Crippen molar-refractivity contribution < 1.29 is 8.42 Å². The fourth-order valence-electron chi connectivity index (χ4n) is 1.72. The summed E-state index contributed by atoms with van der Waals surface area (Å²) in [6, 6.07) is 7.58. The van der Waals surface area contributed by atoms with Crippen LogP contribution in [0.25, 0.3) is 0 Å². The minimum Gasteiger partial charge on any atom is -0.321 e. The third kappa shape index (κ3) is 3.65. The molecule has 2 aromatic rings. The second-order valence-electron chi connectivity index (χ2n) is 4.61. The van der Waals surface area contributed by atoms with Gasteiger partial charge in [-0.25, -0.2) is 13.4 Å². The maximum atomic E-state index is 12.2. The van der Waals surface area contributed by atoms with E-state index in [-0.39, 0.29) is 23.2 Å². The molecule has 0 bridgehead atoms. The Balaban J connectivity index is 2.12. The van der Waals surface area contributed by atoms with Gasteiger partial charge in [-0.2, -0.15) is 10.4 Å². The number of rotatable bonds is 5. The summed E-state index contributed by atoms with van der Waals surface area (Å²) in [6.07, 6.45) is 1.46. The minimum atomic E-state index is -3.47. The van der Waals surface area contributed by atoms with Gasteiger partial charge in [0.05, 0.1) is 34.9 Å². The molecule has 0 saturated carbocycles. The Kier molecular flexibility index (Phi) is 4.35. The number of nitrogens with zero attached hydrogens (tertiary/aromatic N) is 4. The molecule has 2 rings (SSSR count). The molecule has 0 aliphatic carbocycles. The van der Waals surface area contributed by atoms with Crippen molar-refractivity contribution in [1.82, 2.24) is 14.8 Å². The van der Waals surface area contributed by atoms with Crippen LogP contribution in [0.2, 0.25) is 0 Å². The highest BCUT2D eigenvalue weighted by molar-refractivity contribution is 7.91. The van der Waals surface area contributed by atoms with Gasteiger partial charge in [0.2, 0.25) is 0 Å². The standard InChI is InChI=1S/C13H15N5O2S/c1-10(15)13-16-9-18(17-13)5-6-21(19,20)12-4-2-3-11(7-12)8-14/h2-4,7,9-10H,5-6,15H2,1H3. The van der Waals surface area contributed by atoms with E-state index in [0.29, 0.717) is 11.4 Å². The Morgan fingerprint density at radius 2 is 2.24 bits per heavy atom. The average Bonchev–Trinajstić information content (AvgIpc) is 2.94. The van der Waals surface area contributed by atoms with Crippen molar-refractivity contribution in [2.45, 2.75) is 24.4 Å². The molecule has 1 atom stereocenters. The summed E-state index contributed by atoms with van der Waals surface area (Å²) in [5.74, 6) is 0.350. The van der Waals surface area contributed by atoms with Gasteiger partial charge in [0, 0.05) is 0 Å². The van der Waals surface area contributed by atoms with Crippen LogP contribution >= 0.6 is 0 Å². The minimum absolute atomic E-state index is 0.121. The molecule has 0 amide bonds. The molecule has 1 unspecified atom stereocenters. The van der Waals surface area contributed by atoms with Gasteiger partial charge in [-0.3, -0.25) is 4.68 Å². The first-order valence-corrected chi connectivity index (χ1v) is 7.95. The Bertz CT molecular complexity index is 774. The molecule has 2 N–H and O–H groups in total. The summed E-state index contributed by atoms with van der Waals surface area (Å²) < 4.78 is 25.9. The van der Waals surface area contributed by atoms with Crippen LogP contribution in [0.15, 0.2) is 35.5 Å². The van der Waals surface area contributed by atoms with Crippen molar-refractivity contribution in [3.63, 3.8) is 0 Å². The van der Waals surface area contributed by atoms with E-state index in [0.717, 1.165) is 0 Å². The highest BCUT2D eigenvalue weighted by Gasteiger charge is 2.16.